The molecule has 21 heavy (non-hydrogen) atoms. The zero-order valence-electron chi connectivity index (χ0n) is 11.7. The number of rotatable bonds is 4. The summed E-state index contributed by atoms with van der Waals surface area (Å²) in [6.07, 6.45) is 2.40. The van der Waals surface area contributed by atoms with Crippen LogP contribution in [0.1, 0.15) is 11.3 Å². The van der Waals surface area contributed by atoms with Crippen molar-refractivity contribution in [1.29, 1.82) is 0 Å². The van der Waals surface area contributed by atoms with Gasteiger partial charge in [0, 0.05) is 11.8 Å². The van der Waals surface area contributed by atoms with E-state index in [0.717, 1.165) is 11.1 Å². The van der Waals surface area contributed by atoms with Gasteiger partial charge in [-0.2, -0.15) is 5.10 Å². The number of hydrogen-bond acceptors (Lipinski definition) is 2. The van der Waals surface area contributed by atoms with Gasteiger partial charge in [-0.05, 0) is 11.6 Å². The van der Waals surface area contributed by atoms with Gasteiger partial charge in [-0.1, -0.05) is 54.6 Å². The van der Waals surface area contributed by atoms with Crippen molar-refractivity contribution in [3.8, 4) is 0 Å². The SMILES string of the molecule is C=CCn1nc(Cc2ccccc2)c2ccccc2c1=O. The molecule has 2 aromatic carbocycles. The summed E-state index contributed by atoms with van der Waals surface area (Å²) in [6.45, 7) is 4.11. The fourth-order valence-corrected chi connectivity index (χ4v) is 2.47. The Hall–Kier alpha value is -2.68. The zero-order chi connectivity index (χ0) is 14.7. The van der Waals surface area contributed by atoms with E-state index in [0.29, 0.717) is 18.4 Å². The molecule has 0 atom stereocenters. The molecule has 0 unspecified atom stereocenters. The molecule has 3 nitrogen and oxygen atoms in total. The minimum atomic E-state index is -0.0673. The average molecular weight is 276 g/mol. The van der Waals surface area contributed by atoms with E-state index in [-0.39, 0.29) is 5.56 Å². The van der Waals surface area contributed by atoms with Crippen molar-refractivity contribution in [3.05, 3.63) is 88.9 Å². The van der Waals surface area contributed by atoms with Crippen molar-refractivity contribution in [3.63, 3.8) is 0 Å². The zero-order valence-corrected chi connectivity index (χ0v) is 11.7. The van der Waals surface area contributed by atoms with Crippen molar-refractivity contribution in [2.45, 2.75) is 13.0 Å². The van der Waals surface area contributed by atoms with Crippen molar-refractivity contribution >= 4 is 10.8 Å². The molecular weight excluding hydrogens is 260 g/mol. The molecule has 0 aliphatic rings. The maximum absolute atomic E-state index is 12.4. The van der Waals surface area contributed by atoms with E-state index in [1.54, 1.807) is 6.08 Å². The molecule has 104 valence electrons. The molecule has 0 spiro atoms. The number of fused-ring (bicyclic) bond motifs is 1. The Morgan fingerprint density at radius 3 is 2.38 bits per heavy atom. The molecular formula is C18H16N2O. The molecule has 0 aliphatic carbocycles. The van der Waals surface area contributed by atoms with Crippen molar-refractivity contribution in [2.24, 2.45) is 0 Å². The van der Waals surface area contributed by atoms with E-state index in [1.165, 1.54) is 10.2 Å². The maximum Gasteiger partial charge on any atom is 0.274 e. The number of hydrogen-bond donors (Lipinski definition) is 0. The van der Waals surface area contributed by atoms with Gasteiger partial charge in [0.2, 0.25) is 0 Å². The third-order valence-electron chi connectivity index (χ3n) is 3.46. The van der Waals surface area contributed by atoms with Crippen LogP contribution >= 0.6 is 0 Å². The Bertz CT molecular complexity index is 835. The fourth-order valence-electron chi connectivity index (χ4n) is 2.47. The molecule has 0 N–H and O–H groups in total. The third kappa shape index (κ3) is 2.63. The number of aromatic nitrogens is 2. The normalized spacial score (nSPS) is 10.7. The van der Waals surface area contributed by atoms with Crippen LogP contribution in [0.25, 0.3) is 10.8 Å². The molecule has 0 radical (unpaired) electrons. The Morgan fingerprint density at radius 1 is 1.00 bits per heavy atom. The van der Waals surface area contributed by atoms with Gasteiger partial charge in [0.1, 0.15) is 0 Å². The van der Waals surface area contributed by atoms with E-state index in [9.17, 15) is 4.79 Å². The van der Waals surface area contributed by atoms with Crippen molar-refractivity contribution in [1.82, 2.24) is 9.78 Å². The van der Waals surface area contributed by atoms with Gasteiger partial charge < -0.3 is 0 Å². The first-order valence-corrected chi connectivity index (χ1v) is 6.93. The van der Waals surface area contributed by atoms with Gasteiger partial charge in [0.05, 0.1) is 17.6 Å². The molecule has 0 saturated heterocycles. The van der Waals surface area contributed by atoms with Crippen LogP contribution in [-0.4, -0.2) is 9.78 Å². The highest BCUT2D eigenvalue weighted by molar-refractivity contribution is 5.83. The average Bonchev–Trinajstić information content (AvgIpc) is 2.53. The Kier molecular flexibility index (Phi) is 3.65. The predicted molar refractivity (Wildman–Crippen MR) is 85.4 cm³/mol. The van der Waals surface area contributed by atoms with Crippen LogP contribution in [0.2, 0.25) is 0 Å². The molecule has 0 amide bonds. The summed E-state index contributed by atoms with van der Waals surface area (Å²) in [7, 11) is 0. The largest absolute Gasteiger partial charge is 0.274 e. The van der Waals surface area contributed by atoms with Gasteiger partial charge in [-0.3, -0.25) is 4.79 Å². The topological polar surface area (TPSA) is 34.9 Å². The van der Waals surface area contributed by atoms with Crippen LogP contribution in [0.3, 0.4) is 0 Å². The van der Waals surface area contributed by atoms with Gasteiger partial charge in [-0.15, -0.1) is 6.58 Å². The Labute approximate surface area is 123 Å². The lowest BCUT2D eigenvalue weighted by Gasteiger charge is -2.09. The minimum Gasteiger partial charge on any atom is -0.267 e. The standard InChI is InChI=1S/C18H16N2O/c1-2-12-20-18(21)16-11-7-6-10-15(16)17(19-20)13-14-8-4-3-5-9-14/h2-11H,1,12-13H2. The Balaban J connectivity index is 2.19. The second-order valence-electron chi connectivity index (χ2n) is 4.93. The van der Waals surface area contributed by atoms with Gasteiger partial charge in [-0.25, -0.2) is 4.68 Å². The Morgan fingerprint density at radius 2 is 1.67 bits per heavy atom. The summed E-state index contributed by atoms with van der Waals surface area (Å²) >= 11 is 0. The molecule has 0 bridgehead atoms. The minimum absolute atomic E-state index is 0.0673. The molecule has 1 heterocycles. The molecule has 3 heteroatoms. The maximum atomic E-state index is 12.4. The summed E-state index contributed by atoms with van der Waals surface area (Å²) in [6, 6.07) is 17.8. The molecule has 3 aromatic rings. The summed E-state index contributed by atoms with van der Waals surface area (Å²) in [5.41, 5.74) is 2.03. The smallest absolute Gasteiger partial charge is 0.267 e. The highest BCUT2D eigenvalue weighted by Gasteiger charge is 2.09. The second-order valence-corrected chi connectivity index (χ2v) is 4.93. The lowest BCUT2D eigenvalue weighted by molar-refractivity contribution is 0.645. The van der Waals surface area contributed by atoms with Gasteiger partial charge >= 0.3 is 0 Å². The van der Waals surface area contributed by atoms with Crippen LogP contribution in [0.4, 0.5) is 0 Å². The fraction of sp³-hybridized carbons (Fsp3) is 0.111. The third-order valence-corrected chi connectivity index (χ3v) is 3.46. The predicted octanol–water partition coefficient (Wildman–Crippen LogP) is 3.17. The highest BCUT2D eigenvalue weighted by atomic mass is 16.1. The number of benzene rings is 2. The van der Waals surface area contributed by atoms with E-state index in [1.807, 2.05) is 42.5 Å². The van der Waals surface area contributed by atoms with Crippen LogP contribution in [-0.2, 0) is 13.0 Å². The van der Waals surface area contributed by atoms with Gasteiger partial charge in [0.15, 0.2) is 0 Å². The van der Waals surface area contributed by atoms with Crippen LogP contribution in [0.5, 0.6) is 0 Å². The molecule has 1 aromatic heterocycles. The van der Waals surface area contributed by atoms with E-state index in [4.69, 9.17) is 0 Å². The monoisotopic (exact) mass is 276 g/mol. The van der Waals surface area contributed by atoms with Crippen molar-refractivity contribution < 1.29 is 0 Å². The van der Waals surface area contributed by atoms with Gasteiger partial charge in [0.25, 0.3) is 5.56 Å². The molecule has 0 fully saturated rings. The quantitative estimate of drug-likeness (QED) is 0.686. The number of nitrogens with zero attached hydrogens (tertiary/aromatic N) is 2. The number of allylic oxidation sites excluding steroid dienone is 1. The summed E-state index contributed by atoms with van der Waals surface area (Å²) in [5, 5.41) is 6.15. The second kappa shape index (κ2) is 5.75. The van der Waals surface area contributed by atoms with Crippen LogP contribution < -0.4 is 5.56 Å². The van der Waals surface area contributed by atoms with Crippen molar-refractivity contribution in [2.75, 3.05) is 0 Å². The first kappa shape index (κ1) is 13.3. The van der Waals surface area contributed by atoms with E-state index >= 15 is 0 Å². The summed E-state index contributed by atoms with van der Waals surface area (Å²) in [4.78, 5) is 12.4. The highest BCUT2D eigenvalue weighted by Crippen LogP contribution is 2.16. The lowest BCUT2D eigenvalue weighted by Crippen LogP contribution is -2.24. The lowest BCUT2D eigenvalue weighted by atomic mass is 10.0. The summed E-state index contributed by atoms with van der Waals surface area (Å²) < 4.78 is 1.48. The molecule has 0 saturated carbocycles. The first-order valence-electron chi connectivity index (χ1n) is 6.93. The van der Waals surface area contributed by atoms with Crippen LogP contribution in [0, 0.1) is 0 Å². The first-order chi connectivity index (χ1) is 10.3. The van der Waals surface area contributed by atoms with E-state index in [2.05, 4.69) is 23.8 Å². The van der Waals surface area contributed by atoms with Crippen LogP contribution in [0.15, 0.2) is 72.0 Å². The summed E-state index contributed by atoms with van der Waals surface area (Å²) in [5.74, 6) is 0. The van der Waals surface area contributed by atoms with E-state index < -0.39 is 0 Å². The molecule has 3 rings (SSSR count). The molecule has 0 aliphatic heterocycles.